The van der Waals surface area contributed by atoms with Gasteiger partial charge < -0.3 is 5.32 Å². The van der Waals surface area contributed by atoms with E-state index in [-0.39, 0.29) is 0 Å². The van der Waals surface area contributed by atoms with Gasteiger partial charge in [-0.05, 0) is 25.1 Å². The third-order valence-corrected chi connectivity index (χ3v) is 3.78. The molecule has 0 spiro atoms. The van der Waals surface area contributed by atoms with E-state index in [0.29, 0.717) is 0 Å². The molecule has 106 valence electrons. The molecule has 2 heterocycles. The van der Waals surface area contributed by atoms with Gasteiger partial charge in [-0.3, -0.25) is 4.98 Å². The Hall–Kier alpha value is -2.94. The van der Waals surface area contributed by atoms with Crippen LogP contribution in [0.2, 0.25) is 0 Å². The summed E-state index contributed by atoms with van der Waals surface area (Å²) in [5.41, 5.74) is 7.31. The van der Waals surface area contributed by atoms with Crippen LogP contribution in [0.1, 0.15) is 16.7 Å². The zero-order chi connectivity index (χ0) is 14.9. The number of hydrogen-bond acceptors (Lipinski definition) is 3. The van der Waals surface area contributed by atoms with Crippen LogP contribution in [-0.2, 0) is 0 Å². The first-order chi connectivity index (χ1) is 10.8. The van der Waals surface area contributed by atoms with Crippen molar-refractivity contribution in [1.29, 1.82) is 0 Å². The Kier molecular flexibility index (Phi) is 2.97. The molecular formula is C19H15N3. The minimum absolute atomic E-state index is 0.905. The molecule has 2 aromatic carbocycles. The third kappa shape index (κ3) is 2.17. The molecule has 0 aliphatic carbocycles. The minimum atomic E-state index is 0.905. The van der Waals surface area contributed by atoms with Crippen molar-refractivity contribution in [3.05, 3.63) is 83.7 Å². The lowest BCUT2D eigenvalue weighted by Crippen LogP contribution is -2.05. The lowest BCUT2D eigenvalue weighted by atomic mass is 9.99. The van der Waals surface area contributed by atoms with Crippen molar-refractivity contribution in [3.8, 4) is 0 Å². The molecule has 4 rings (SSSR count). The molecule has 1 aliphatic rings. The van der Waals surface area contributed by atoms with Crippen LogP contribution in [0.4, 0.5) is 17.1 Å². The highest BCUT2D eigenvalue weighted by Gasteiger charge is 2.17. The molecule has 0 unspecified atom stereocenters. The molecule has 3 heteroatoms. The molecular weight excluding hydrogens is 270 g/mol. The number of pyridine rings is 1. The molecule has 3 nitrogen and oxygen atoms in total. The van der Waals surface area contributed by atoms with Gasteiger partial charge >= 0.3 is 0 Å². The van der Waals surface area contributed by atoms with Gasteiger partial charge in [0.1, 0.15) is 0 Å². The zero-order valence-corrected chi connectivity index (χ0v) is 12.2. The predicted octanol–water partition coefficient (Wildman–Crippen LogP) is 4.62. The topological polar surface area (TPSA) is 37.3 Å². The maximum absolute atomic E-state index is 4.91. The van der Waals surface area contributed by atoms with Gasteiger partial charge in [-0.1, -0.05) is 42.0 Å². The van der Waals surface area contributed by atoms with Gasteiger partial charge in [0.15, 0.2) is 0 Å². The molecule has 0 fully saturated rings. The molecule has 3 aromatic rings. The molecule has 0 saturated carbocycles. The number of aryl methyl sites for hydroxylation is 1. The summed E-state index contributed by atoms with van der Waals surface area (Å²) in [6.07, 6.45) is 3.59. The maximum atomic E-state index is 4.91. The van der Waals surface area contributed by atoms with Crippen LogP contribution in [0, 0.1) is 6.92 Å². The Labute approximate surface area is 129 Å². The second-order valence-electron chi connectivity index (χ2n) is 5.39. The van der Waals surface area contributed by atoms with Crippen molar-refractivity contribution in [1.82, 2.24) is 4.98 Å². The number of aliphatic imine (C=N–C) groups is 1. The highest BCUT2D eigenvalue weighted by molar-refractivity contribution is 6.18. The van der Waals surface area contributed by atoms with Crippen molar-refractivity contribution >= 4 is 22.8 Å². The van der Waals surface area contributed by atoms with Gasteiger partial charge in [0.25, 0.3) is 0 Å². The van der Waals surface area contributed by atoms with Crippen LogP contribution >= 0.6 is 0 Å². The Morgan fingerprint density at radius 3 is 2.64 bits per heavy atom. The first-order valence-corrected chi connectivity index (χ1v) is 7.27. The third-order valence-electron chi connectivity index (χ3n) is 3.78. The van der Waals surface area contributed by atoms with Crippen LogP contribution in [0.25, 0.3) is 0 Å². The summed E-state index contributed by atoms with van der Waals surface area (Å²) in [7, 11) is 0. The first kappa shape index (κ1) is 12.8. The summed E-state index contributed by atoms with van der Waals surface area (Å²) >= 11 is 0. The first-order valence-electron chi connectivity index (χ1n) is 7.27. The summed E-state index contributed by atoms with van der Waals surface area (Å²) in [4.78, 5) is 9.10. The van der Waals surface area contributed by atoms with Crippen molar-refractivity contribution in [2.75, 3.05) is 5.32 Å². The Balaban J connectivity index is 2.01. The normalized spacial score (nSPS) is 12.5. The average Bonchev–Trinajstić information content (AvgIpc) is 2.72. The molecule has 1 N–H and O–H groups in total. The van der Waals surface area contributed by atoms with Crippen LogP contribution < -0.4 is 5.32 Å². The number of aromatic nitrogens is 1. The van der Waals surface area contributed by atoms with Gasteiger partial charge in [0.05, 0.1) is 23.3 Å². The summed E-state index contributed by atoms with van der Waals surface area (Å²) < 4.78 is 0. The molecule has 0 saturated heterocycles. The lowest BCUT2D eigenvalue weighted by molar-refractivity contribution is 1.31. The predicted molar refractivity (Wildman–Crippen MR) is 90.4 cm³/mol. The molecule has 0 bridgehead atoms. The van der Waals surface area contributed by atoms with Crippen LogP contribution in [0.15, 0.2) is 72.0 Å². The second kappa shape index (κ2) is 5.11. The fourth-order valence-corrected chi connectivity index (χ4v) is 2.69. The van der Waals surface area contributed by atoms with E-state index in [2.05, 4.69) is 47.6 Å². The average molecular weight is 285 g/mol. The van der Waals surface area contributed by atoms with E-state index in [1.165, 1.54) is 5.56 Å². The zero-order valence-electron chi connectivity index (χ0n) is 12.2. The largest absolute Gasteiger partial charge is 0.352 e. The van der Waals surface area contributed by atoms with E-state index in [0.717, 1.165) is 33.9 Å². The van der Waals surface area contributed by atoms with E-state index in [4.69, 9.17) is 4.99 Å². The molecule has 0 amide bonds. The molecule has 0 atom stereocenters. The van der Waals surface area contributed by atoms with Gasteiger partial charge in [-0.2, -0.15) is 0 Å². The fraction of sp³-hybridized carbons (Fsp3) is 0.0526. The van der Waals surface area contributed by atoms with Crippen LogP contribution in [0.3, 0.4) is 0 Å². The summed E-state index contributed by atoms with van der Waals surface area (Å²) in [5.74, 6) is 0. The standard InChI is InChI=1S/C19H15N3/c1-13-7-8-16-15(11-13)19(14-5-3-2-4-6-14)22-17-9-10-20-12-18(17)21-16/h2-12,21H,1H3. The van der Waals surface area contributed by atoms with Gasteiger partial charge in [0.2, 0.25) is 0 Å². The van der Waals surface area contributed by atoms with Crippen molar-refractivity contribution in [2.24, 2.45) is 4.99 Å². The lowest BCUT2D eigenvalue weighted by Gasteiger charge is -2.11. The Morgan fingerprint density at radius 1 is 0.909 bits per heavy atom. The number of hydrogen-bond donors (Lipinski definition) is 1. The number of fused-ring (bicyclic) bond motifs is 2. The summed E-state index contributed by atoms with van der Waals surface area (Å²) in [6, 6.07) is 18.6. The van der Waals surface area contributed by atoms with Gasteiger partial charge in [0, 0.05) is 23.0 Å². The molecule has 0 radical (unpaired) electrons. The molecule has 1 aromatic heterocycles. The van der Waals surface area contributed by atoms with Crippen molar-refractivity contribution in [2.45, 2.75) is 6.92 Å². The van der Waals surface area contributed by atoms with E-state index in [9.17, 15) is 0 Å². The van der Waals surface area contributed by atoms with Crippen molar-refractivity contribution in [3.63, 3.8) is 0 Å². The van der Waals surface area contributed by atoms with E-state index in [1.807, 2.05) is 30.5 Å². The SMILES string of the molecule is Cc1ccc2c(c1)C(c1ccccc1)=Nc1ccncc1N2. The molecule has 22 heavy (non-hydrogen) atoms. The monoisotopic (exact) mass is 285 g/mol. The number of rotatable bonds is 1. The molecule has 1 aliphatic heterocycles. The number of nitrogens with one attached hydrogen (secondary N) is 1. The van der Waals surface area contributed by atoms with Crippen molar-refractivity contribution < 1.29 is 0 Å². The number of nitrogens with zero attached hydrogens (tertiary/aromatic N) is 2. The Morgan fingerprint density at radius 2 is 1.77 bits per heavy atom. The minimum Gasteiger partial charge on any atom is -0.352 e. The van der Waals surface area contributed by atoms with E-state index >= 15 is 0 Å². The van der Waals surface area contributed by atoms with Gasteiger partial charge in [-0.15, -0.1) is 0 Å². The highest BCUT2D eigenvalue weighted by atomic mass is 15.0. The number of anilines is 2. The van der Waals surface area contributed by atoms with E-state index < -0.39 is 0 Å². The smallest absolute Gasteiger partial charge is 0.0903 e. The number of benzene rings is 2. The van der Waals surface area contributed by atoms with Crippen LogP contribution in [-0.4, -0.2) is 10.7 Å². The van der Waals surface area contributed by atoms with Crippen LogP contribution in [0.5, 0.6) is 0 Å². The summed E-state index contributed by atoms with van der Waals surface area (Å²) in [5, 5.41) is 3.45. The fourth-order valence-electron chi connectivity index (χ4n) is 2.69. The second-order valence-corrected chi connectivity index (χ2v) is 5.39. The maximum Gasteiger partial charge on any atom is 0.0903 e. The van der Waals surface area contributed by atoms with Gasteiger partial charge in [-0.25, -0.2) is 4.99 Å². The highest BCUT2D eigenvalue weighted by Crippen LogP contribution is 2.35. The Bertz CT molecular complexity index is 867. The summed E-state index contributed by atoms with van der Waals surface area (Å²) in [6.45, 7) is 2.10. The van der Waals surface area contributed by atoms with E-state index in [1.54, 1.807) is 6.20 Å². The quantitative estimate of drug-likeness (QED) is 0.554.